The fourth-order valence-corrected chi connectivity index (χ4v) is 6.65. The number of carbonyl (C=O) groups excluding carboxylic acids is 1. The van der Waals surface area contributed by atoms with Crippen molar-refractivity contribution in [2.24, 2.45) is 5.92 Å². The van der Waals surface area contributed by atoms with Crippen molar-refractivity contribution in [3.8, 4) is 0 Å². The van der Waals surface area contributed by atoms with Gasteiger partial charge >= 0.3 is 0 Å². The number of fused-ring (bicyclic) bond motifs is 5. The van der Waals surface area contributed by atoms with E-state index in [1.807, 2.05) is 29.5 Å². The van der Waals surface area contributed by atoms with Crippen LogP contribution in [0.1, 0.15) is 54.9 Å². The van der Waals surface area contributed by atoms with Crippen LogP contribution in [0.5, 0.6) is 0 Å². The monoisotopic (exact) mass is 479 g/mol. The van der Waals surface area contributed by atoms with Crippen molar-refractivity contribution in [1.29, 1.82) is 0 Å². The fraction of sp³-hybridized carbons (Fsp3) is 0.440. The minimum absolute atomic E-state index is 0.00900. The van der Waals surface area contributed by atoms with E-state index in [1.165, 1.54) is 34.2 Å². The number of hydrogen-bond donors (Lipinski definition) is 1. The standard InChI is InChI=1S/C25H29N5OS2/c1-15(2)22-27-24-21(18-10-9-16(3)13-19(18)33-24)23-28-29-25(30(22)23)32-14-20(31)26-12-11-17-7-5-4-6-8-17/h4-8,15-16H,9-14H2,1-3H3,(H,26,31). The Hall–Kier alpha value is -2.45. The van der Waals surface area contributed by atoms with Crippen molar-refractivity contribution in [2.75, 3.05) is 12.3 Å². The van der Waals surface area contributed by atoms with Crippen LogP contribution in [0.15, 0.2) is 35.5 Å². The minimum Gasteiger partial charge on any atom is -0.355 e. The predicted octanol–water partition coefficient (Wildman–Crippen LogP) is 5.04. The average molecular weight is 480 g/mol. The molecule has 0 fully saturated rings. The number of rotatable bonds is 7. The number of nitrogens with one attached hydrogen (secondary N) is 1. The lowest BCUT2D eigenvalue weighted by Gasteiger charge is -2.17. The third kappa shape index (κ3) is 4.51. The van der Waals surface area contributed by atoms with Crippen molar-refractivity contribution >= 4 is 44.9 Å². The molecule has 0 saturated carbocycles. The second-order valence-corrected chi connectivity index (χ2v) is 11.2. The number of thiophene rings is 1. The first-order chi connectivity index (χ1) is 16.0. The van der Waals surface area contributed by atoms with Crippen LogP contribution < -0.4 is 5.32 Å². The zero-order valence-corrected chi connectivity index (χ0v) is 20.9. The van der Waals surface area contributed by atoms with Gasteiger partial charge in [0.25, 0.3) is 0 Å². The second kappa shape index (κ2) is 9.43. The van der Waals surface area contributed by atoms with Gasteiger partial charge in [0.05, 0.1) is 11.1 Å². The first kappa shape index (κ1) is 22.3. The lowest BCUT2D eigenvalue weighted by atomic mass is 9.89. The summed E-state index contributed by atoms with van der Waals surface area (Å²) >= 11 is 3.25. The quantitative estimate of drug-likeness (QED) is 0.376. The fourth-order valence-electron chi connectivity index (χ4n) is 4.49. The van der Waals surface area contributed by atoms with Crippen LogP contribution >= 0.6 is 23.1 Å². The Morgan fingerprint density at radius 1 is 1.27 bits per heavy atom. The largest absolute Gasteiger partial charge is 0.355 e. The van der Waals surface area contributed by atoms with Gasteiger partial charge in [-0.3, -0.25) is 9.20 Å². The van der Waals surface area contributed by atoms with E-state index < -0.39 is 0 Å². The van der Waals surface area contributed by atoms with E-state index in [-0.39, 0.29) is 11.8 Å². The summed E-state index contributed by atoms with van der Waals surface area (Å²) in [5, 5.41) is 14.0. The summed E-state index contributed by atoms with van der Waals surface area (Å²) in [5.74, 6) is 2.22. The van der Waals surface area contributed by atoms with Crippen LogP contribution in [-0.2, 0) is 24.1 Å². The van der Waals surface area contributed by atoms with Gasteiger partial charge in [-0.2, -0.15) is 0 Å². The van der Waals surface area contributed by atoms with E-state index in [0.29, 0.717) is 12.3 Å². The Labute approximate surface area is 202 Å². The molecule has 4 aromatic rings. The number of amides is 1. The van der Waals surface area contributed by atoms with Crippen LogP contribution in [0, 0.1) is 5.92 Å². The van der Waals surface area contributed by atoms with Crippen LogP contribution in [-0.4, -0.2) is 37.8 Å². The van der Waals surface area contributed by atoms with Gasteiger partial charge in [-0.15, -0.1) is 21.5 Å². The number of aromatic nitrogens is 4. The number of benzene rings is 1. The summed E-state index contributed by atoms with van der Waals surface area (Å²) in [4.78, 5) is 20.1. The summed E-state index contributed by atoms with van der Waals surface area (Å²) in [6.07, 6.45) is 4.23. The van der Waals surface area contributed by atoms with E-state index >= 15 is 0 Å². The highest BCUT2D eigenvalue weighted by molar-refractivity contribution is 7.99. The van der Waals surface area contributed by atoms with Crippen LogP contribution in [0.4, 0.5) is 0 Å². The molecule has 3 heterocycles. The van der Waals surface area contributed by atoms with Crippen molar-refractivity contribution in [2.45, 2.75) is 57.5 Å². The van der Waals surface area contributed by atoms with E-state index in [9.17, 15) is 4.79 Å². The molecule has 8 heteroatoms. The van der Waals surface area contributed by atoms with Crippen molar-refractivity contribution in [1.82, 2.24) is 24.9 Å². The lowest BCUT2D eigenvalue weighted by molar-refractivity contribution is -0.118. The number of hydrogen-bond acceptors (Lipinski definition) is 6. The minimum atomic E-state index is 0.00900. The first-order valence-corrected chi connectivity index (χ1v) is 13.4. The average Bonchev–Trinajstić information content (AvgIpc) is 3.38. The molecule has 6 nitrogen and oxygen atoms in total. The maximum Gasteiger partial charge on any atom is 0.230 e. The van der Waals surface area contributed by atoms with Crippen molar-refractivity contribution < 1.29 is 4.79 Å². The molecule has 1 N–H and O–H groups in total. The zero-order valence-electron chi connectivity index (χ0n) is 19.3. The molecule has 33 heavy (non-hydrogen) atoms. The highest BCUT2D eigenvalue weighted by atomic mass is 32.2. The Balaban J connectivity index is 1.37. The second-order valence-electron chi connectivity index (χ2n) is 9.17. The predicted molar refractivity (Wildman–Crippen MR) is 135 cm³/mol. The topological polar surface area (TPSA) is 72.2 Å². The van der Waals surface area contributed by atoms with Gasteiger partial charge in [0.1, 0.15) is 10.7 Å². The summed E-state index contributed by atoms with van der Waals surface area (Å²) in [7, 11) is 0. The zero-order chi connectivity index (χ0) is 22.9. The molecule has 172 valence electrons. The summed E-state index contributed by atoms with van der Waals surface area (Å²) in [6, 6.07) is 10.2. The third-order valence-corrected chi connectivity index (χ3v) is 8.30. The van der Waals surface area contributed by atoms with Crippen LogP contribution in [0.3, 0.4) is 0 Å². The molecule has 1 aliphatic rings. The van der Waals surface area contributed by atoms with Crippen molar-refractivity contribution in [3.63, 3.8) is 0 Å². The Morgan fingerprint density at radius 2 is 2.09 bits per heavy atom. The molecule has 1 unspecified atom stereocenters. The van der Waals surface area contributed by atoms with Gasteiger partial charge in [-0.05, 0) is 42.7 Å². The van der Waals surface area contributed by atoms with Crippen molar-refractivity contribution in [3.05, 3.63) is 52.2 Å². The molecule has 0 saturated heterocycles. The SMILES string of the molecule is CC1CCc2c(sc3nc(C(C)C)n4c(SCC(=O)NCCc5ccccc5)nnc4c23)C1. The molecule has 1 aliphatic carbocycles. The van der Waals surface area contributed by atoms with Gasteiger partial charge in [0.15, 0.2) is 10.8 Å². The van der Waals surface area contributed by atoms with Gasteiger partial charge in [0, 0.05) is 17.3 Å². The molecule has 1 atom stereocenters. The van der Waals surface area contributed by atoms with E-state index in [0.717, 1.165) is 52.0 Å². The highest BCUT2D eigenvalue weighted by Gasteiger charge is 2.26. The molecule has 1 aromatic carbocycles. The third-order valence-electron chi connectivity index (χ3n) is 6.22. The van der Waals surface area contributed by atoms with Crippen LogP contribution in [0.2, 0.25) is 0 Å². The van der Waals surface area contributed by atoms with Crippen LogP contribution in [0.25, 0.3) is 15.9 Å². The normalized spacial score (nSPS) is 15.9. The Kier molecular flexibility index (Phi) is 6.38. The summed E-state index contributed by atoms with van der Waals surface area (Å²) < 4.78 is 2.08. The van der Waals surface area contributed by atoms with Gasteiger partial charge in [0.2, 0.25) is 5.91 Å². The molecule has 0 spiro atoms. The molecule has 1 amide bonds. The van der Waals surface area contributed by atoms with E-state index in [1.54, 1.807) is 0 Å². The Morgan fingerprint density at radius 3 is 2.88 bits per heavy atom. The van der Waals surface area contributed by atoms with E-state index in [4.69, 9.17) is 4.98 Å². The lowest BCUT2D eigenvalue weighted by Crippen LogP contribution is -2.27. The smallest absolute Gasteiger partial charge is 0.230 e. The molecule has 0 aliphatic heterocycles. The molecule has 0 radical (unpaired) electrons. The number of carbonyl (C=O) groups is 1. The summed E-state index contributed by atoms with van der Waals surface area (Å²) in [6.45, 7) is 7.25. The first-order valence-electron chi connectivity index (χ1n) is 11.6. The van der Waals surface area contributed by atoms with E-state index in [2.05, 4.69) is 52.8 Å². The Bertz CT molecular complexity index is 1290. The maximum atomic E-state index is 12.5. The van der Waals surface area contributed by atoms with Gasteiger partial charge in [-0.1, -0.05) is 62.9 Å². The number of aryl methyl sites for hydroxylation is 1. The van der Waals surface area contributed by atoms with Gasteiger partial charge < -0.3 is 5.32 Å². The summed E-state index contributed by atoms with van der Waals surface area (Å²) in [5.41, 5.74) is 3.52. The molecule has 0 bridgehead atoms. The number of nitrogens with zero attached hydrogens (tertiary/aromatic N) is 4. The number of thioether (sulfide) groups is 1. The highest BCUT2D eigenvalue weighted by Crippen LogP contribution is 2.40. The molecule has 5 rings (SSSR count). The molecule has 3 aromatic heterocycles. The molecular formula is C25H29N5OS2. The maximum absolute atomic E-state index is 12.5. The van der Waals surface area contributed by atoms with Gasteiger partial charge in [-0.25, -0.2) is 4.98 Å². The molecular weight excluding hydrogens is 450 g/mol.